The largest absolute Gasteiger partial charge is 0.430 e. The predicted molar refractivity (Wildman–Crippen MR) is 78.9 cm³/mol. The molecule has 2 nitrogen and oxygen atoms in total. The Bertz CT molecular complexity index is 774. The number of fused-ring (bicyclic) bond motifs is 1. The van der Waals surface area contributed by atoms with E-state index in [2.05, 4.69) is 0 Å². The van der Waals surface area contributed by atoms with Gasteiger partial charge in [-0.05, 0) is 25.3 Å². The van der Waals surface area contributed by atoms with Crippen LogP contribution in [0.15, 0.2) is 30.3 Å². The molecule has 1 aromatic heterocycles. The minimum atomic E-state index is -5.90. The van der Waals surface area contributed by atoms with Gasteiger partial charge in [0.1, 0.15) is 0 Å². The molecule has 0 radical (unpaired) electrons. The van der Waals surface area contributed by atoms with Crippen LogP contribution in [0.4, 0.5) is 26.3 Å². The van der Waals surface area contributed by atoms with Crippen molar-refractivity contribution in [3.05, 3.63) is 47.3 Å². The summed E-state index contributed by atoms with van der Waals surface area (Å²) < 4.78 is 82.1. The van der Waals surface area contributed by atoms with Crippen LogP contribution in [0, 0.1) is 6.92 Å². The highest BCUT2D eigenvalue weighted by Gasteiger charge is 2.73. The quantitative estimate of drug-likeness (QED) is 0.768. The fraction of sp³-hybridized carbons (Fsp3) is 0.412. The molecule has 0 unspecified atom stereocenters. The first kappa shape index (κ1) is 17.8. The molecule has 2 heterocycles. The molecule has 2 aromatic rings. The number of hydrogen-bond acceptors (Lipinski definition) is 1. The van der Waals surface area contributed by atoms with Gasteiger partial charge in [-0.3, -0.25) is 0 Å². The Labute approximate surface area is 139 Å². The number of aromatic nitrogens is 1. The van der Waals surface area contributed by atoms with Crippen molar-refractivity contribution in [3.8, 4) is 11.1 Å². The van der Waals surface area contributed by atoms with Gasteiger partial charge in [-0.1, -0.05) is 30.3 Å². The van der Waals surface area contributed by atoms with Gasteiger partial charge in [0.05, 0.1) is 0 Å². The predicted octanol–water partition coefficient (Wildman–Crippen LogP) is 4.72. The van der Waals surface area contributed by atoms with E-state index in [0.717, 1.165) is 0 Å². The summed E-state index contributed by atoms with van der Waals surface area (Å²) in [7, 11) is 0. The lowest BCUT2D eigenvalue weighted by molar-refractivity contribution is -0.376. The third-order valence-corrected chi connectivity index (χ3v) is 4.67. The third-order valence-electron chi connectivity index (χ3n) is 4.67. The molecule has 0 saturated heterocycles. The molecule has 1 aliphatic heterocycles. The maximum atomic E-state index is 13.4. The maximum absolute atomic E-state index is 13.4. The molecule has 1 aromatic carbocycles. The number of halogens is 6. The molecule has 0 amide bonds. The first-order valence-electron chi connectivity index (χ1n) is 7.64. The van der Waals surface area contributed by atoms with Gasteiger partial charge in [-0.15, -0.1) is 0 Å². The van der Waals surface area contributed by atoms with E-state index in [4.69, 9.17) is 0 Å². The molecule has 0 saturated carbocycles. The number of nitrogens with zero attached hydrogens (tertiary/aromatic N) is 1. The van der Waals surface area contributed by atoms with E-state index in [0.29, 0.717) is 25.1 Å². The second kappa shape index (κ2) is 5.52. The van der Waals surface area contributed by atoms with Gasteiger partial charge in [0.25, 0.3) is 5.60 Å². The van der Waals surface area contributed by atoms with Crippen LogP contribution in [0.5, 0.6) is 0 Å². The van der Waals surface area contributed by atoms with Gasteiger partial charge in [-0.2, -0.15) is 26.3 Å². The zero-order chi connectivity index (χ0) is 18.6. The van der Waals surface area contributed by atoms with Gasteiger partial charge in [0, 0.05) is 29.1 Å². The monoisotopic (exact) mass is 363 g/mol. The molecule has 0 spiro atoms. The molecule has 3 rings (SSSR count). The van der Waals surface area contributed by atoms with Crippen LogP contribution in [0.3, 0.4) is 0 Å². The smallest absolute Gasteiger partial charge is 0.369 e. The lowest BCUT2D eigenvalue weighted by Gasteiger charge is -2.34. The van der Waals surface area contributed by atoms with Crippen LogP contribution in [-0.4, -0.2) is 22.0 Å². The van der Waals surface area contributed by atoms with Crippen molar-refractivity contribution in [2.75, 3.05) is 0 Å². The zero-order valence-electron chi connectivity index (χ0n) is 13.2. The van der Waals surface area contributed by atoms with E-state index in [-0.39, 0.29) is 16.8 Å². The van der Waals surface area contributed by atoms with Crippen LogP contribution in [0.2, 0.25) is 0 Å². The zero-order valence-corrected chi connectivity index (χ0v) is 13.2. The highest BCUT2D eigenvalue weighted by molar-refractivity contribution is 5.74. The fourth-order valence-corrected chi connectivity index (χ4v) is 3.57. The SMILES string of the molecule is Cc1c(C(O)(C(F)(F)F)C(F)(F)F)c(-c2ccccc2)c2n1CCC2. The molecule has 1 aliphatic rings. The second-order valence-corrected chi connectivity index (χ2v) is 6.11. The van der Waals surface area contributed by atoms with Crippen LogP contribution in [0.25, 0.3) is 11.1 Å². The third kappa shape index (κ3) is 2.46. The number of rotatable bonds is 2. The number of alkyl halides is 6. The Morgan fingerprint density at radius 3 is 2.04 bits per heavy atom. The average molecular weight is 363 g/mol. The van der Waals surface area contributed by atoms with E-state index in [9.17, 15) is 31.4 Å². The van der Waals surface area contributed by atoms with Crippen LogP contribution >= 0.6 is 0 Å². The summed E-state index contributed by atoms with van der Waals surface area (Å²) in [4.78, 5) is 0. The van der Waals surface area contributed by atoms with Crippen LogP contribution < -0.4 is 0 Å². The Kier molecular flexibility index (Phi) is 3.94. The topological polar surface area (TPSA) is 25.2 Å². The highest BCUT2D eigenvalue weighted by atomic mass is 19.4. The molecular formula is C17H15F6NO. The maximum Gasteiger partial charge on any atom is 0.430 e. The number of aliphatic hydroxyl groups is 1. The first-order valence-corrected chi connectivity index (χ1v) is 7.64. The van der Waals surface area contributed by atoms with Crippen molar-refractivity contribution in [2.45, 2.75) is 44.3 Å². The molecular weight excluding hydrogens is 348 g/mol. The normalized spacial score (nSPS) is 15.5. The minimum Gasteiger partial charge on any atom is -0.369 e. The summed E-state index contributed by atoms with van der Waals surface area (Å²) in [6, 6.07) is 7.59. The Balaban J connectivity index is 2.41. The van der Waals surface area contributed by atoms with Crippen molar-refractivity contribution in [3.63, 3.8) is 0 Å². The average Bonchev–Trinajstić information content (AvgIpc) is 3.07. The molecule has 8 heteroatoms. The van der Waals surface area contributed by atoms with Gasteiger partial charge in [-0.25, -0.2) is 0 Å². The summed E-state index contributed by atoms with van der Waals surface area (Å²) in [5, 5.41) is 9.97. The van der Waals surface area contributed by atoms with Crippen molar-refractivity contribution in [1.82, 2.24) is 4.57 Å². The van der Waals surface area contributed by atoms with E-state index >= 15 is 0 Å². The van der Waals surface area contributed by atoms with Gasteiger partial charge >= 0.3 is 12.4 Å². The first-order chi connectivity index (χ1) is 11.5. The summed E-state index contributed by atoms with van der Waals surface area (Å²) in [6.07, 6.45) is -10.8. The number of hydrogen-bond donors (Lipinski definition) is 1. The molecule has 0 atom stereocenters. The Hall–Kier alpha value is -1.96. The van der Waals surface area contributed by atoms with E-state index in [1.54, 1.807) is 6.07 Å². The highest BCUT2D eigenvalue weighted by Crippen LogP contribution is 2.55. The molecule has 0 aliphatic carbocycles. The second-order valence-electron chi connectivity index (χ2n) is 6.11. The standard InChI is InChI=1S/C17H15F6NO/c1-10-14(15(25,16(18,19)20)17(21,22)23)13(11-6-3-2-4-7-11)12-8-5-9-24(10)12/h2-4,6-7,25H,5,8-9H2,1H3. The molecule has 1 N–H and O–H groups in total. The van der Waals surface area contributed by atoms with E-state index in [1.165, 1.54) is 35.8 Å². The van der Waals surface area contributed by atoms with Crippen molar-refractivity contribution in [1.29, 1.82) is 0 Å². The molecule has 25 heavy (non-hydrogen) atoms. The van der Waals surface area contributed by atoms with Gasteiger partial charge in [0.15, 0.2) is 0 Å². The van der Waals surface area contributed by atoms with E-state index in [1.807, 2.05) is 0 Å². The Morgan fingerprint density at radius 1 is 0.960 bits per heavy atom. The molecule has 0 fully saturated rings. The van der Waals surface area contributed by atoms with E-state index < -0.39 is 23.5 Å². The lowest BCUT2D eigenvalue weighted by Crippen LogP contribution is -2.54. The summed E-state index contributed by atoms with van der Waals surface area (Å²) >= 11 is 0. The van der Waals surface area contributed by atoms with Crippen LogP contribution in [-0.2, 0) is 18.6 Å². The summed E-state index contributed by atoms with van der Waals surface area (Å²) in [6.45, 7) is 1.52. The van der Waals surface area contributed by atoms with Crippen molar-refractivity contribution < 1.29 is 31.4 Å². The number of benzene rings is 1. The summed E-state index contributed by atoms with van der Waals surface area (Å²) in [5.74, 6) is 0. The van der Waals surface area contributed by atoms with Crippen molar-refractivity contribution in [2.24, 2.45) is 0 Å². The molecule has 136 valence electrons. The van der Waals surface area contributed by atoms with Gasteiger partial charge < -0.3 is 9.67 Å². The van der Waals surface area contributed by atoms with Crippen molar-refractivity contribution >= 4 is 0 Å². The minimum absolute atomic E-state index is 0.173. The van der Waals surface area contributed by atoms with Gasteiger partial charge in [0.2, 0.25) is 0 Å². The Morgan fingerprint density at radius 2 is 1.52 bits per heavy atom. The lowest BCUT2D eigenvalue weighted by atomic mass is 9.85. The summed E-state index contributed by atoms with van der Waals surface area (Å²) in [5.41, 5.74) is -5.80. The molecule has 0 bridgehead atoms. The fourth-order valence-electron chi connectivity index (χ4n) is 3.57. The van der Waals surface area contributed by atoms with Crippen LogP contribution in [0.1, 0.15) is 23.4 Å².